The summed E-state index contributed by atoms with van der Waals surface area (Å²) >= 11 is 12.0. The summed E-state index contributed by atoms with van der Waals surface area (Å²) in [4.78, 5) is 0. The van der Waals surface area contributed by atoms with Crippen molar-refractivity contribution in [2.45, 2.75) is 31.4 Å². The Kier molecular flexibility index (Phi) is 5.48. The van der Waals surface area contributed by atoms with E-state index >= 15 is 0 Å². The van der Waals surface area contributed by atoms with Crippen molar-refractivity contribution in [2.75, 3.05) is 13.2 Å². The number of hydrogen-bond acceptors (Lipinski definition) is 3. The van der Waals surface area contributed by atoms with Crippen molar-refractivity contribution in [1.29, 1.82) is 0 Å². The maximum absolute atomic E-state index is 10.2. The van der Waals surface area contributed by atoms with Gasteiger partial charge in [0.05, 0.1) is 6.10 Å². The summed E-state index contributed by atoms with van der Waals surface area (Å²) in [6.07, 6.45) is 2.52. The van der Waals surface area contributed by atoms with Gasteiger partial charge in [0.25, 0.3) is 0 Å². The molecule has 1 saturated carbocycles. The highest BCUT2D eigenvalue weighted by molar-refractivity contribution is 6.33. The van der Waals surface area contributed by atoms with Gasteiger partial charge in [0.2, 0.25) is 0 Å². The lowest BCUT2D eigenvalue weighted by atomic mass is 10.0. The van der Waals surface area contributed by atoms with Crippen LogP contribution in [0, 0.1) is 5.92 Å². The second kappa shape index (κ2) is 6.91. The van der Waals surface area contributed by atoms with E-state index in [9.17, 15) is 10.2 Å². The Labute approximate surface area is 123 Å². The molecule has 0 aliphatic heterocycles. The van der Waals surface area contributed by atoms with Crippen LogP contribution in [0.25, 0.3) is 0 Å². The van der Waals surface area contributed by atoms with Crippen LogP contribution in [0.5, 0.6) is 0 Å². The van der Waals surface area contributed by atoms with E-state index in [-0.39, 0.29) is 12.6 Å². The number of benzene rings is 1. The van der Waals surface area contributed by atoms with E-state index in [1.807, 2.05) is 0 Å². The number of halogens is 2. The zero-order chi connectivity index (χ0) is 13.8. The number of rotatable bonds is 5. The molecular formula is C14H19Cl2NO2. The van der Waals surface area contributed by atoms with Crippen LogP contribution in [-0.2, 0) is 0 Å². The molecule has 0 radical (unpaired) electrons. The van der Waals surface area contributed by atoms with Crippen LogP contribution in [0.1, 0.15) is 30.9 Å². The molecule has 5 heteroatoms. The average molecular weight is 304 g/mol. The fourth-order valence-corrected chi connectivity index (χ4v) is 3.09. The molecule has 0 bridgehead atoms. The molecule has 1 aliphatic carbocycles. The number of aliphatic hydroxyl groups excluding tert-OH is 2. The molecule has 19 heavy (non-hydrogen) atoms. The lowest BCUT2D eigenvalue weighted by Gasteiger charge is -2.21. The zero-order valence-electron chi connectivity index (χ0n) is 10.6. The van der Waals surface area contributed by atoms with Gasteiger partial charge in [-0.25, -0.2) is 0 Å². The fraction of sp³-hybridized carbons (Fsp3) is 0.571. The molecule has 1 fully saturated rings. The largest absolute Gasteiger partial charge is 0.396 e. The molecule has 3 nitrogen and oxygen atoms in total. The van der Waals surface area contributed by atoms with Crippen LogP contribution >= 0.6 is 23.2 Å². The normalized spacial score (nSPS) is 24.6. The second-order valence-electron chi connectivity index (χ2n) is 5.07. The van der Waals surface area contributed by atoms with E-state index in [0.717, 1.165) is 19.3 Å². The SMILES string of the molecule is OCC1CCCC1NCC(O)c1cc(Cl)ccc1Cl. The van der Waals surface area contributed by atoms with Crippen LogP contribution in [0.2, 0.25) is 10.0 Å². The van der Waals surface area contributed by atoms with E-state index in [2.05, 4.69) is 5.32 Å². The molecule has 1 aromatic rings. The van der Waals surface area contributed by atoms with Gasteiger partial charge in [0.1, 0.15) is 0 Å². The van der Waals surface area contributed by atoms with Crippen molar-refractivity contribution in [3.05, 3.63) is 33.8 Å². The fourth-order valence-electron chi connectivity index (χ4n) is 2.67. The first-order valence-electron chi connectivity index (χ1n) is 6.59. The Hall–Kier alpha value is -0.320. The third-order valence-electron chi connectivity index (χ3n) is 3.78. The molecule has 1 aliphatic rings. The standard InChI is InChI=1S/C14H19Cl2NO2/c15-10-4-5-12(16)11(6-10)14(19)7-17-13-3-1-2-9(13)8-18/h4-6,9,13-14,17-19H,1-3,7-8H2. The zero-order valence-corrected chi connectivity index (χ0v) is 12.2. The first kappa shape index (κ1) is 15.1. The summed E-state index contributed by atoms with van der Waals surface area (Å²) in [6, 6.07) is 5.35. The summed E-state index contributed by atoms with van der Waals surface area (Å²) in [5, 5.41) is 23.8. The molecule has 0 aromatic heterocycles. The molecule has 3 unspecified atom stereocenters. The minimum Gasteiger partial charge on any atom is -0.396 e. The molecule has 0 saturated heterocycles. The van der Waals surface area contributed by atoms with E-state index in [0.29, 0.717) is 28.1 Å². The number of nitrogens with one attached hydrogen (secondary N) is 1. The predicted molar refractivity (Wildman–Crippen MR) is 77.6 cm³/mol. The Morgan fingerprint density at radius 2 is 2.11 bits per heavy atom. The van der Waals surface area contributed by atoms with Crippen LogP contribution in [0.4, 0.5) is 0 Å². The summed E-state index contributed by atoms with van der Waals surface area (Å²) in [5.41, 5.74) is 0.639. The highest BCUT2D eigenvalue weighted by Crippen LogP contribution is 2.28. The molecule has 3 N–H and O–H groups in total. The Balaban J connectivity index is 1.93. The summed E-state index contributed by atoms with van der Waals surface area (Å²) in [7, 11) is 0. The lowest BCUT2D eigenvalue weighted by Crippen LogP contribution is -2.36. The molecule has 0 spiro atoms. The van der Waals surface area contributed by atoms with Crippen molar-refractivity contribution in [3.63, 3.8) is 0 Å². The van der Waals surface area contributed by atoms with Gasteiger partial charge in [-0.15, -0.1) is 0 Å². The minimum absolute atomic E-state index is 0.200. The topological polar surface area (TPSA) is 52.5 Å². The smallest absolute Gasteiger partial charge is 0.0929 e. The van der Waals surface area contributed by atoms with Gasteiger partial charge < -0.3 is 15.5 Å². The van der Waals surface area contributed by atoms with E-state index < -0.39 is 6.10 Å². The van der Waals surface area contributed by atoms with Gasteiger partial charge >= 0.3 is 0 Å². The molecule has 0 heterocycles. The van der Waals surface area contributed by atoms with E-state index in [1.54, 1.807) is 18.2 Å². The van der Waals surface area contributed by atoms with Crippen LogP contribution in [0.15, 0.2) is 18.2 Å². The van der Waals surface area contributed by atoms with Gasteiger partial charge in [-0.2, -0.15) is 0 Å². The first-order valence-corrected chi connectivity index (χ1v) is 7.34. The van der Waals surface area contributed by atoms with Crippen molar-refractivity contribution in [1.82, 2.24) is 5.32 Å². The van der Waals surface area contributed by atoms with Crippen molar-refractivity contribution in [3.8, 4) is 0 Å². The quantitative estimate of drug-likeness (QED) is 0.784. The van der Waals surface area contributed by atoms with Crippen molar-refractivity contribution >= 4 is 23.2 Å². The summed E-state index contributed by atoms with van der Waals surface area (Å²) in [5.74, 6) is 0.294. The van der Waals surface area contributed by atoms with E-state index in [1.165, 1.54) is 0 Å². The highest BCUT2D eigenvalue weighted by atomic mass is 35.5. The Bertz CT molecular complexity index is 428. The van der Waals surface area contributed by atoms with Gasteiger partial charge in [0.15, 0.2) is 0 Å². The van der Waals surface area contributed by atoms with Crippen LogP contribution in [-0.4, -0.2) is 29.4 Å². The highest BCUT2D eigenvalue weighted by Gasteiger charge is 2.26. The van der Waals surface area contributed by atoms with Gasteiger partial charge in [-0.1, -0.05) is 29.6 Å². The van der Waals surface area contributed by atoms with Gasteiger partial charge in [0, 0.05) is 34.8 Å². The Morgan fingerprint density at radius 1 is 1.32 bits per heavy atom. The van der Waals surface area contributed by atoms with Gasteiger partial charge in [-0.05, 0) is 37.0 Å². The number of hydrogen-bond donors (Lipinski definition) is 3. The molecule has 3 atom stereocenters. The van der Waals surface area contributed by atoms with E-state index in [4.69, 9.17) is 23.2 Å². The monoisotopic (exact) mass is 303 g/mol. The Morgan fingerprint density at radius 3 is 2.84 bits per heavy atom. The average Bonchev–Trinajstić information content (AvgIpc) is 2.86. The molecule has 1 aromatic carbocycles. The molecule has 2 rings (SSSR count). The maximum Gasteiger partial charge on any atom is 0.0929 e. The maximum atomic E-state index is 10.2. The molecule has 0 amide bonds. The third kappa shape index (κ3) is 3.83. The summed E-state index contributed by atoms with van der Waals surface area (Å²) < 4.78 is 0. The van der Waals surface area contributed by atoms with Crippen molar-refractivity contribution < 1.29 is 10.2 Å². The molecule has 106 valence electrons. The third-order valence-corrected chi connectivity index (χ3v) is 4.36. The predicted octanol–water partition coefficient (Wildman–Crippen LogP) is 2.78. The number of aliphatic hydroxyl groups is 2. The minimum atomic E-state index is -0.689. The second-order valence-corrected chi connectivity index (χ2v) is 5.91. The molecular weight excluding hydrogens is 285 g/mol. The lowest BCUT2D eigenvalue weighted by molar-refractivity contribution is 0.155. The van der Waals surface area contributed by atoms with Gasteiger partial charge in [-0.3, -0.25) is 0 Å². The van der Waals surface area contributed by atoms with Crippen LogP contribution in [0.3, 0.4) is 0 Å². The van der Waals surface area contributed by atoms with Crippen molar-refractivity contribution in [2.24, 2.45) is 5.92 Å². The first-order chi connectivity index (χ1) is 9.11. The summed E-state index contributed by atoms with van der Waals surface area (Å²) in [6.45, 7) is 0.618. The van der Waals surface area contributed by atoms with Crippen LogP contribution < -0.4 is 5.32 Å².